The van der Waals surface area contributed by atoms with E-state index in [-0.39, 0.29) is 18.6 Å². The quantitative estimate of drug-likeness (QED) is 0.794. The second-order valence-corrected chi connectivity index (χ2v) is 5.80. The minimum atomic E-state index is -0.298. The topological polar surface area (TPSA) is 55.6 Å². The molecule has 0 unspecified atom stereocenters. The number of nitrogens with two attached hydrogens (primary N) is 1. The molecule has 0 aliphatic rings. The Morgan fingerprint density at radius 2 is 1.90 bits per heavy atom. The molecular formula is C16H26N2O2. The summed E-state index contributed by atoms with van der Waals surface area (Å²) in [5.74, 6) is 1.06. The molecule has 20 heavy (non-hydrogen) atoms. The number of primary amides is 1. The van der Waals surface area contributed by atoms with Crippen molar-refractivity contribution in [2.45, 2.75) is 40.3 Å². The van der Waals surface area contributed by atoms with Gasteiger partial charge in [0.25, 0.3) is 0 Å². The molecule has 1 aromatic rings. The van der Waals surface area contributed by atoms with Crippen LogP contribution in [0.25, 0.3) is 0 Å². The van der Waals surface area contributed by atoms with Crippen molar-refractivity contribution in [2.24, 2.45) is 11.7 Å². The van der Waals surface area contributed by atoms with E-state index in [0.29, 0.717) is 12.5 Å². The van der Waals surface area contributed by atoms with Crippen LogP contribution in [-0.4, -0.2) is 30.0 Å². The standard InChI is InChI=1S/C16H26N2O2/c1-12(2)9-18(11-16(17)19)10-14-7-5-6-8-15(14)20-13(3)4/h5-8,12-13H,9-11H2,1-4H3,(H2,17,19). The smallest absolute Gasteiger partial charge is 0.231 e. The van der Waals surface area contributed by atoms with Crippen molar-refractivity contribution in [3.8, 4) is 5.75 Å². The van der Waals surface area contributed by atoms with Crippen LogP contribution >= 0.6 is 0 Å². The SMILES string of the molecule is CC(C)CN(CC(N)=O)Cc1ccccc1OC(C)C. The largest absolute Gasteiger partial charge is 0.491 e. The molecule has 0 bridgehead atoms. The maximum atomic E-state index is 11.2. The first-order chi connectivity index (χ1) is 9.38. The first-order valence-corrected chi connectivity index (χ1v) is 7.13. The van der Waals surface area contributed by atoms with Gasteiger partial charge in [0.05, 0.1) is 12.6 Å². The highest BCUT2D eigenvalue weighted by atomic mass is 16.5. The Labute approximate surface area is 121 Å². The van der Waals surface area contributed by atoms with E-state index in [4.69, 9.17) is 10.5 Å². The van der Waals surface area contributed by atoms with Gasteiger partial charge in [0.15, 0.2) is 0 Å². The summed E-state index contributed by atoms with van der Waals surface area (Å²) in [4.78, 5) is 13.3. The maximum absolute atomic E-state index is 11.2. The zero-order valence-corrected chi connectivity index (χ0v) is 12.9. The molecule has 0 saturated heterocycles. The number of carbonyl (C=O) groups excluding carboxylic acids is 1. The first-order valence-electron chi connectivity index (χ1n) is 7.13. The average Bonchev–Trinajstić information content (AvgIpc) is 2.29. The van der Waals surface area contributed by atoms with E-state index in [2.05, 4.69) is 18.7 Å². The summed E-state index contributed by atoms with van der Waals surface area (Å²) in [6, 6.07) is 7.95. The summed E-state index contributed by atoms with van der Waals surface area (Å²) in [6.45, 7) is 10.0. The van der Waals surface area contributed by atoms with Gasteiger partial charge >= 0.3 is 0 Å². The van der Waals surface area contributed by atoms with Gasteiger partial charge in [0, 0.05) is 18.7 Å². The van der Waals surface area contributed by atoms with Gasteiger partial charge < -0.3 is 10.5 Å². The van der Waals surface area contributed by atoms with Crippen LogP contribution in [0.1, 0.15) is 33.3 Å². The summed E-state index contributed by atoms with van der Waals surface area (Å²) in [5, 5.41) is 0. The Hall–Kier alpha value is -1.55. The van der Waals surface area contributed by atoms with Gasteiger partial charge in [0.1, 0.15) is 5.75 Å². The molecule has 0 aliphatic heterocycles. The molecule has 2 N–H and O–H groups in total. The van der Waals surface area contributed by atoms with E-state index in [1.807, 2.05) is 38.1 Å². The van der Waals surface area contributed by atoms with E-state index < -0.39 is 0 Å². The molecule has 1 amide bonds. The minimum absolute atomic E-state index is 0.130. The molecule has 112 valence electrons. The lowest BCUT2D eigenvalue weighted by molar-refractivity contribution is -0.119. The molecule has 0 spiro atoms. The molecule has 0 aliphatic carbocycles. The van der Waals surface area contributed by atoms with Gasteiger partial charge in [-0.25, -0.2) is 0 Å². The lowest BCUT2D eigenvalue weighted by atomic mass is 10.1. The van der Waals surface area contributed by atoms with Crippen molar-refractivity contribution in [3.63, 3.8) is 0 Å². The Balaban J connectivity index is 2.83. The molecule has 1 aromatic carbocycles. The van der Waals surface area contributed by atoms with Gasteiger partial charge in [-0.3, -0.25) is 9.69 Å². The van der Waals surface area contributed by atoms with E-state index in [1.165, 1.54) is 0 Å². The Morgan fingerprint density at radius 3 is 2.45 bits per heavy atom. The van der Waals surface area contributed by atoms with E-state index in [0.717, 1.165) is 17.9 Å². The van der Waals surface area contributed by atoms with Gasteiger partial charge in [0.2, 0.25) is 5.91 Å². The zero-order valence-electron chi connectivity index (χ0n) is 12.9. The predicted molar refractivity (Wildman–Crippen MR) is 81.5 cm³/mol. The molecule has 0 radical (unpaired) electrons. The second-order valence-electron chi connectivity index (χ2n) is 5.80. The van der Waals surface area contributed by atoms with Crippen LogP contribution in [0.3, 0.4) is 0 Å². The molecular weight excluding hydrogens is 252 g/mol. The first kappa shape index (κ1) is 16.5. The number of ether oxygens (including phenoxy) is 1. The van der Waals surface area contributed by atoms with Gasteiger partial charge in [-0.2, -0.15) is 0 Å². The van der Waals surface area contributed by atoms with E-state index >= 15 is 0 Å². The summed E-state index contributed by atoms with van der Waals surface area (Å²) in [6.07, 6.45) is 0.130. The summed E-state index contributed by atoms with van der Waals surface area (Å²) in [7, 11) is 0. The minimum Gasteiger partial charge on any atom is -0.491 e. The fourth-order valence-corrected chi connectivity index (χ4v) is 2.17. The van der Waals surface area contributed by atoms with Crippen LogP contribution in [-0.2, 0) is 11.3 Å². The molecule has 0 heterocycles. The lowest BCUT2D eigenvalue weighted by Gasteiger charge is -2.24. The van der Waals surface area contributed by atoms with Crippen molar-refractivity contribution < 1.29 is 9.53 Å². The third-order valence-corrected chi connectivity index (χ3v) is 2.73. The highest BCUT2D eigenvalue weighted by molar-refractivity contribution is 5.75. The number of hydrogen-bond acceptors (Lipinski definition) is 3. The van der Waals surface area contributed by atoms with Crippen LogP contribution in [0.15, 0.2) is 24.3 Å². The fourth-order valence-electron chi connectivity index (χ4n) is 2.17. The number of rotatable bonds is 8. The van der Waals surface area contributed by atoms with E-state index in [9.17, 15) is 4.79 Å². The summed E-state index contributed by atoms with van der Waals surface area (Å²) >= 11 is 0. The van der Waals surface area contributed by atoms with Crippen molar-refractivity contribution in [2.75, 3.05) is 13.1 Å². The third kappa shape index (κ3) is 6.06. The highest BCUT2D eigenvalue weighted by Crippen LogP contribution is 2.21. The molecule has 4 heteroatoms. The zero-order chi connectivity index (χ0) is 15.1. The van der Waals surface area contributed by atoms with Gasteiger partial charge in [-0.05, 0) is 25.8 Å². The molecule has 0 atom stereocenters. The van der Waals surface area contributed by atoms with Crippen LogP contribution in [0.4, 0.5) is 0 Å². The number of amides is 1. The van der Waals surface area contributed by atoms with Crippen LogP contribution < -0.4 is 10.5 Å². The second kappa shape index (κ2) is 7.90. The number of para-hydroxylation sites is 1. The predicted octanol–water partition coefficient (Wildman–Crippen LogP) is 2.42. The third-order valence-electron chi connectivity index (χ3n) is 2.73. The van der Waals surface area contributed by atoms with Crippen molar-refractivity contribution in [1.29, 1.82) is 0 Å². The Morgan fingerprint density at radius 1 is 1.25 bits per heavy atom. The average molecular weight is 278 g/mol. The lowest BCUT2D eigenvalue weighted by Crippen LogP contribution is -2.35. The van der Waals surface area contributed by atoms with Crippen LogP contribution in [0.5, 0.6) is 5.75 Å². The van der Waals surface area contributed by atoms with Crippen molar-refractivity contribution in [1.82, 2.24) is 4.90 Å². The fraction of sp³-hybridized carbons (Fsp3) is 0.562. The van der Waals surface area contributed by atoms with Crippen LogP contribution in [0.2, 0.25) is 0 Å². The molecule has 0 aromatic heterocycles. The maximum Gasteiger partial charge on any atom is 0.231 e. The van der Waals surface area contributed by atoms with Crippen LogP contribution in [0, 0.1) is 5.92 Å². The van der Waals surface area contributed by atoms with E-state index in [1.54, 1.807) is 0 Å². The molecule has 1 rings (SSSR count). The number of hydrogen-bond donors (Lipinski definition) is 1. The summed E-state index contributed by atoms with van der Waals surface area (Å²) < 4.78 is 5.81. The Bertz CT molecular complexity index is 430. The molecule has 0 saturated carbocycles. The van der Waals surface area contributed by atoms with Gasteiger partial charge in [-0.1, -0.05) is 32.0 Å². The molecule has 4 nitrogen and oxygen atoms in total. The number of benzene rings is 1. The number of nitrogens with zero attached hydrogens (tertiary/aromatic N) is 1. The highest BCUT2D eigenvalue weighted by Gasteiger charge is 2.14. The number of carbonyl (C=O) groups is 1. The van der Waals surface area contributed by atoms with Gasteiger partial charge in [-0.15, -0.1) is 0 Å². The Kier molecular flexibility index (Phi) is 6.52. The molecule has 0 fully saturated rings. The normalized spacial score (nSPS) is 11.3. The summed E-state index contributed by atoms with van der Waals surface area (Å²) in [5.41, 5.74) is 6.42. The monoisotopic (exact) mass is 278 g/mol. The van der Waals surface area contributed by atoms with Crippen molar-refractivity contribution >= 4 is 5.91 Å². The van der Waals surface area contributed by atoms with Crippen molar-refractivity contribution in [3.05, 3.63) is 29.8 Å².